The number of rotatable bonds is 1. The number of Topliss-reactive ketones (excluding diaryl/α,β-unsaturated/α-hetero) is 1. The van der Waals surface area contributed by atoms with Crippen LogP contribution in [0.3, 0.4) is 0 Å². The van der Waals surface area contributed by atoms with E-state index in [1.807, 2.05) is 5.10 Å². The number of aromatic nitrogens is 3. The van der Waals surface area contributed by atoms with Gasteiger partial charge in [0, 0.05) is 0 Å². The quantitative estimate of drug-likeness (QED) is 0.618. The van der Waals surface area contributed by atoms with Crippen LogP contribution in [-0.4, -0.2) is 27.1 Å². The molecular weight excluding hydrogens is 163 g/mol. The fourth-order valence-corrected chi connectivity index (χ4v) is 0.449. The topological polar surface area (TPSA) is 58.6 Å². The number of hydrogen-bond donors (Lipinski definition) is 1. The zero-order chi connectivity index (χ0) is 8.48. The number of alkyl halides is 3. The van der Waals surface area contributed by atoms with Gasteiger partial charge in [-0.15, -0.1) is 0 Å². The standard InChI is InChI=1S/C4H2F3N3O/c5-4(6,7)2(11)3-8-1-9-10-3/h1H,(H,8,9,10). The molecule has 0 aliphatic carbocycles. The van der Waals surface area contributed by atoms with Crippen molar-refractivity contribution in [2.75, 3.05) is 0 Å². The molecule has 1 rings (SSSR count). The van der Waals surface area contributed by atoms with Crippen LogP contribution < -0.4 is 0 Å². The van der Waals surface area contributed by atoms with Crippen molar-refractivity contribution in [1.82, 2.24) is 15.2 Å². The summed E-state index contributed by atoms with van der Waals surface area (Å²) in [5.41, 5.74) is 0. The summed E-state index contributed by atoms with van der Waals surface area (Å²) in [5, 5.41) is 4.91. The summed E-state index contributed by atoms with van der Waals surface area (Å²) in [4.78, 5) is 13.3. The van der Waals surface area contributed by atoms with Gasteiger partial charge in [-0.1, -0.05) is 0 Å². The summed E-state index contributed by atoms with van der Waals surface area (Å²) < 4.78 is 34.7. The number of ketones is 1. The molecule has 0 atom stereocenters. The molecule has 0 aliphatic heterocycles. The van der Waals surface area contributed by atoms with E-state index < -0.39 is 17.8 Å². The van der Waals surface area contributed by atoms with Crippen molar-refractivity contribution in [3.05, 3.63) is 12.2 Å². The van der Waals surface area contributed by atoms with Gasteiger partial charge in [0.15, 0.2) is 0 Å². The maximum Gasteiger partial charge on any atom is 0.458 e. The summed E-state index contributed by atoms with van der Waals surface area (Å²) in [5.74, 6) is -2.81. The highest BCUT2D eigenvalue weighted by Gasteiger charge is 2.41. The first-order valence-electron chi connectivity index (χ1n) is 2.48. The van der Waals surface area contributed by atoms with Crippen LogP contribution in [0.1, 0.15) is 10.6 Å². The van der Waals surface area contributed by atoms with E-state index in [-0.39, 0.29) is 0 Å². The second-order valence-corrected chi connectivity index (χ2v) is 1.66. The third kappa shape index (κ3) is 1.54. The Kier molecular flexibility index (Phi) is 1.63. The Bertz CT molecular complexity index is 252. The molecule has 1 aromatic rings. The normalized spacial score (nSPS) is 11.5. The molecule has 0 aromatic carbocycles. The summed E-state index contributed by atoms with van der Waals surface area (Å²) in [6.45, 7) is 0. The minimum atomic E-state index is -4.89. The summed E-state index contributed by atoms with van der Waals surface area (Å²) in [6.07, 6.45) is -4.06. The van der Waals surface area contributed by atoms with Gasteiger partial charge >= 0.3 is 12.0 Å². The van der Waals surface area contributed by atoms with Gasteiger partial charge in [0.2, 0.25) is 5.82 Å². The van der Waals surface area contributed by atoms with E-state index in [2.05, 4.69) is 10.1 Å². The van der Waals surface area contributed by atoms with Crippen molar-refractivity contribution in [2.45, 2.75) is 6.18 Å². The molecule has 0 radical (unpaired) electrons. The smallest absolute Gasteiger partial charge is 0.280 e. The maximum absolute atomic E-state index is 11.6. The van der Waals surface area contributed by atoms with Crippen molar-refractivity contribution in [3.8, 4) is 0 Å². The highest BCUT2D eigenvalue weighted by Crippen LogP contribution is 2.18. The Balaban J connectivity index is 2.88. The van der Waals surface area contributed by atoms with Crippen LogP contribution in [0.15, 0.2) is 6.33 Å². The van der Waals surface area contributed by atoms with E-state index in [1.54, 1.807) is 0 Å². The first-order valence-corrected chi connectivity index (χ1v) is 2.48. The molecule has 0 unspecified atom stereocenters. The van der Waals surface area contributed by atoms with Gasteiger partial charge in [0.25, 0.3) is 0 Å². The number of aromatic amines is 1. The van der Waals surface area contributed by atoms with E-state index in [9.17, 15) is 18.0 Å². The molecule has 0 bridgehead atoms. The molecule has 4 nitrogen and oxygen atoms in total. The van der Waals surface area contributed by atoms with Gasteiger partial charge in [-0.25, -0.2) is 4.98 Å². The lowest BCUT2D eigenvalue weighted by Gasteiger charge is -1.99. The largest absolute Gasteiger partial charge is 0.458 e. The lowest BCUT2D eigenvalue weighted by Crippen LogP contribution is -2.23. The second kappa shape index (κ2) is 2.33. The van der Waals surface area contributed by atoms with Gasteiger partial charge in [-0.2, -0.15) is 18.3 Å². The fourth-order valence-electron chi connectivity index (χ4n) is 0.449. The number of nitrogens with zero attached hydrogens (tertiary/aromatic N) is 2. The number of halogens is 3. The van der Waals surface area contributed by atoms with Gasteiger partial charge in [0.1, 0.15) is 6.33 Å². The molecule has 0 aliphatic rings. The average molecular weight is 165 g/mol. The molecule has 0 saturated heterocycles. The van der Waals surface area contributed by atoms with Crippen molar-refractivity contribution in [3.63, 3.8) is 0 Å². The molecule has 0 spiro atoms. The third-order valence-electron chi connectivity index (χ3n) is 0.888. The lowest BCUT2D eigenvalue weighted by molar-refractivity contribution is -0.0891. The van der Waals surface area contributed by atoms with Crippen molar-refractivity contribution in [2.24, 2.45) is 0 Å². The molecule has 1 aromatic heterocycles. The van der Waals surface area contributed by atoms with Crippen molar-refractivity contribution in [1.29, 1.82) is 0 Å². The van der Waals surface area contributed by atoms with Gasteiger partial charge in [-0.05, 0) is 0 Å². The number of carbonyl (C=O) groups is 1. The molecule has 7 heteroatoms. The molecular formula is C4H2F3N3O. The highest BCUT2D eigenvalue weighted by atomic mass is 19.4. The predicted octanol–water partition coefficient (Wildman–Crippen LogP) is 0.550. The van der Waals surface area contributed by atoms with Crippen LogP contribution in [-0.2, 0) is 0 Å². The van der Waals surface area contributed by atoms with Crippen molar-refractivity contribution < 1.29 is 18.0 Å². The Morgan fingerprint density at radius 3 is 2.55 bits per heavy atom. The van der Waals surface area contributed by atoms with Gasteiger partial charge in [0.05, 0.1) is 0 Å². The first-order chi connectivity index (χ1) is 5.02. The molecule has 60 valence electrons. The van der Waals surface area contributed by atoms with E-state index in [0.29, 0.717) is 0 Å². The van der Waals surface area contributed by atoms with Crippen LogP contribution >= 0.6 is 0 Å². The van der Waals surface area contributed by atoms with E-state index >= 15 is 0 Å². The second-order valence-electron chi connectivity index (χ2n) is 1.66. The molecule has 11 heavy (non-hydrogen) atoms. The summed E-state index contributed by atoms with van der Waals surface area (Å²) in [7, 11) is 0. The minimum Gasteiger partial charge on any atom is -0.280 e. The minimum absolute atomic E-state index is 0.794. The predicted molar refractivity (Wildman–Crippen MR) is 26.8 cm³/mol. The maximum atomic E-state index is 11.6. The lowest BCUT2D eigenvalue weighted by atomic mass is 10.4. The molecule has 1 N–H and O–H groups in total. The number of H-pyrrole nitrogens is 1. The van der Waals surface area contributed by atoms with Crippen LogP contribution in [0.2, 0.25) is 0 Å². The van der Waals surface area contributed by atoms with Crippen molar-refractivity contribution >= 4 is 5.78 Å². The zero-order valence-corrected chi connectivity index (χ0v) is 5.01. The van der Waals surface area contributed by atoms with Gasteiger partial charge < -0.3 is 0 Å². The summed E-state index contributed by atoms with van der Waals surface area (Å²) >= 11 is 0. The summed E-state index contributed by atoms with van der Waals surface area (Å²) in [6, 6.07) is 0. The van der Waals surface area contributed by atoms with E-state index in [1.165, 1.54) is 0 Å². The fraction of sp³-hybridized carbons (Fsp3) is 0.250. The Hall–Kier alpha value is -1.40. The number of carbonyl (C=O) groups excluding carboxylic acids is 1. The number of nitrogens with one attached hydrogen (secondary N) is 1. The van der Waals surface area contributed by atoms with Gasteiger partial charge in [-0.3, -0.25) is 9.89 Å². The monoisotopic (exact) mass is 165 g/mol. The zero-order valence-electron chi connectivity index (χ0n) is 5.01. The Labute approximate surface area is 58.4 Å². The SMILES string of the molecule is O=C(c1ncn[nH]1)C(F)(F)F. The Morgan fingerprint density at radius 2 is 2.18 bits per heavy atom. The Morgan fingerprint density at radius 1 is 1.55 bits per heavy atom. The van der Waals surface area contributed by atoms with Crippen LogP contribution in [0.25, 0.3) is 0 Å². The van der Waals surface area contributed by atoms with E-state index in [0.717, 1.165) is 6.33 Å². The highest BCUT2D eigenvalue weighted by molar-refractivity contribution is 5.96. The number of hydrogen-bond acceptors (Lipinski definition) is 3. The first kappa shape index (κ1) is 7.70. The van der Waals surface area contributed by atoms with E-state index in [4.69, 9.17) is 0 Å². The molecule has 1 heterocycles. The van der Waals surface area contributed by atoms with Crippen LogP contribution in [0.4, 0.5) is 13.2 Å². The molecule has 0 fully saturated rings. The third-order valence-corrected chi connectivity index (χ3v) is 0.888. The average Bonchev–Trinajstić information content (AvgIpc) is 2.34. The van der Waals surface area contributed by atoms with Crippen LogP contribution in [0.5, 0.6) is 0 Å². The molecule has 0 amide bonds. The van der Waals surface area contributed by atoms with Crippen LogP contribution in [0, 0.1) is 0 Å². The molecule has 0 saturated carbocycles.